The zero-order valence-electron chi connectivity index (χ0n) is 15.3. The van der Waals surface area contributed by atoms with Crippen LogP contribution in [0.4, 0.5) is 5.13 Å². The second-order valence-electron chi connectivity index (χ2n) is 6.99. The summed E-state index contributed by atoms with van der Waals surface area (Å²) in [6.07, 6.45) is 0.210. The zero-order chi connectivity index (χ0) is 19.4. The molecular weight excluding hydrogens is 402 g/mol. The van der Waals surface area contributed by atoms with Crippen LogP contribution in [0, 0.1) is 0 Å². The van der Waals surface area contributed by atoms with E-state index in [9.17, 15) is 4.79 Å². The molecule has 5 nitrogen and oxygen atoms in total. The van der Waals surface area contributed by atoms with Crippen molar-refractivity contribution in [3.63, 3.8) is 0 Å². The Morgan fingerprint density at radius 1 is 1.15 bits per heavy atom. The minimum atomic E-state index is -0.125. The first-order valence-electron chi connectivity index (χ1n) is 8.37. The fourth-order valence-corrected chi connectivity index (χ4v) is 3.96. The molecular formula is C19H20ClN3O2S2. The van der Waals surface area contributed by atoms with Gasteiger partial charge in [-0.3, -0.25) is 4.79 Å². The quantitative estimate of drug-likeness (QED) is 0.585. The highest BCUT2D eigenvalue weighted by Crippen LogP contribution is 2.26. The number of nitrogens with one attached hydrogen (secondary N) is 1. The zero-order valence-corrected chi connectivity index (χ0v) is 17.7. The number of aromatic nitrogens is 2. The lowest BCUT2D eigenvalue weighted by atomic mass is 9.93. The molecule has 1 N–H and O–H groups in total. The molecule has 2 aromatic heterocycles. The van der Waals surface area contributed by atoms with E-state index in [-0.39, 0.29) is 17.7 Å². The molecule has 1 amide bonds. The van der Waals surface area contributed by atoms with Gasteiger partial charge in [-0.05, 0) is 24.3 Å². The minimum absolute atomic E-state index is 0.0343. The molecule has 0 radical (unpaired) electrons. The highest BCUT2D eigenvalue weighted by molar-refractivity contribution is 7.14. The van der Waals surface area contributed by atoms with Crippen LogP contribution in [0.15, 0.2) is 35.0 Å². The lowest BCUT2D eigenvalue weighted by Gasteiger charge is -2.14. The van der Waals surface area contributed by atoms with E-state index in [1.54, 1.807) is 12.1 Å². The van der Waals surface area contributed by atoms with E-state index in [4.69, 9.17) is 16.3 Å². The summed E-state index contributed by atoms with van der Waals surface area (Å²) in [5, 5.41) is 8.80. The predicted octanol–water partition coefficient (Wildman–Crippen LogP) is 5.31. The van der Waals surface area contributed by atoms with Crippen molar-refractivity contribution in [2.24, 2.45) is 0 Å². The van der Waals surface area contributed by atoms with Crippen LogP contribution in [0.25, 0.3) is 0 Å². The summed E-state index contributed by atoms with van der Waals surface area (Å²) in [6.45, 7) is 6.64. The Morgan fingerprint density at radius 3 is 2.56 bits per heavy atom. The van der Waals surface area contributed by atoms with E-state index in [0.717, 1.165) is 22.1 Å². The number of carbonyl (C=O) groups excluding carboxylic acids is 1. The Morgan fingerprint density at radius 2 is 1.89 bits per heavy atom. The van der Waals surface area contributed by atoms with Crippen molar-refractivity contribution in [2.45, 2.75) is 39.2 Å². The normalized spacial score (nSPS) is 11.4. The summed E-state index contributed by atoms with van der Waals surface area (Å²) in [6, 6.07) is 7.17. The van der Waals surface area contributed by atoms with Gasteiger partial charge in [0.05, 0.1) is 17.8 Å². The van der Waals surface area contributed by atoms with E-state index in [2.05, 4.69) is 36.1 Å². The standard InChI is InChI=1S/C19H20ClN3O2S2/c1-19(2,3)15-11-27-18(22-15)23-16(24)8-13-10-26-17(21-13)9-25-14-6-4-12(20)5-7-14/h4-7,10-11H,8-9H2,1-3H3,(H,22,23,24). The van der Waals surface area contributed by atoms with E-state index >= 15 is 0 Å². The molecule has 142 valence electrons. The van der Waals surface area contributed by atoms with Crippen molar-refractivity contribution < 1.29 is 9.53 Å². The van der Waals surface area contributed by atoms with Crippen LogP contribution in [0.1, 0.15) is 37.2 Å². The van der Waals surface area contributed by atoms with Gasteiger partial charge in [-0.25, -0.2) is 9.97 Å². The van der Waals surface area contributed by atoms with Crippen molar-refractivity contribution in [1.82, 2.24) is 9.97 Å². The third kappa shape index (κ3) is 5.76. The number of rotatable bonds is 6. The molecule has 3 rings (SSSR count). The maximum absolute atomic E-state index is 12.2. The number of carbonyl (C=O) groups is 1. The van der Waals surface area contributed by atoms with Gasteiger partial charge in [0, 0.05) is 21.2 Å². The van der Waals surface area contributed by atoms with Gasteiger partial charge >= 0.3 is 0 Å². The van der Waals surface area contributed by atoms with Crippen LogP contribution < -0.4 is 10.1 Å². The number of hydrogen-bond acceptors (Lipinski definition) is 6. The smallest absolute Gasteiger partial charge is 0.232 e. The summed E-state index contributed by atoms with van der Waals surface area (Å²) in [7, 11) is 0. The Labute approximate surface area is 171 Å². The predicted molar refractivity (Wildman–Crippen MR) is 111 cm³/mol. The third-order valence-electron chi connectivity index (χ3n) is 3.64. The van der Waals surface area contributed by atoms with E-state index < -0.39 is 0 Å². The van der Waals surface area contributed by atoms with Crippen molar-refractivity contribution in [3.8, 4) is 5.75 Å². The SMILES string of the molecule is CC(C)(C)c1csc(NC(=O)Cc2csc(COc3ccc(Cl)cc3)n2)n1. The second kappa shape index (κ2) is 8.37. The number of nitrogens with zero attached hydrogens (tertiary/aromatic N) is 2. The fraction of sp³-hybridized carbons (Fsp3) is 0.316. The second-order valence-corrected chi connectivity index (χ2v) is 9.23. The topological polar surface area (TPSA) is 64.1 Å². The minimum Gasteiger partial charge on any atom is -0.486 e. The maximum atomic E-state index is 12.2. The number of hydrogen-bond donors (Lipinski definition) is 1. The van der Waals surface area contributed by atoms with Crippen LogP contribution in [0.2, 0.25) is 5.02 Å². The van der Waals surface area contributed by atoms with Crippen molar-refractivity contribution in [3.05, 3.63) is 56.4 Å². The van der Waals surface area contributed by atoms with Gasteiger partial charge in [-0.1, -0.05) is 32.4 Å². The van der Waals surface area contributed by atoms with Gasteiger partial charge in [-0.2, -0.15) is 0 Å². The Bertz CT molecular complexity index is 914. The fourth-order valence-electron chi connectivity index (χ4n) is 2.18. The van der Waals surface area contributed by atoms with Crippen LogP contribution >= 0.6 is 34.3 Å². The molecule has 0 unspecified atom stereocenters. The number of halogens is 1. The molecule has 8 heteroatoms. The van der Waals surface area contributed by atoms with Crippen molar-refractivity contribution in [1.29, 1.82) is 0 Å². The van der Waals surface area contributed by atoms with Crippen LogP contribution in [-0.4, -0.2) is 15.9 Å². The Balaban J connectivity index is 1.51. The maximum Gasteiger partial charge on any atom is 0.232 e. The molecule has 0 bridgehead atoms. The molecule has 0 aliphatic rings. The average Bonchev–Trinajstić information content (AvgIpc) is 3.23. The highest BCUT2D eigenvalue weighted by atomic mass is 35.5. The summed E-state index contributed by atoms with van der Waals surface area (Å²) in [4.78, 5) is 21.2. The summed E-state index contributed by atoms with van der Waals surface area (Å²) in [5.41, 5.74) is 1.66. The van der Waals surface area contributed by atoms with Gasteiger partial charge < -0.3 is 10.1 Å². The molecule has 0 atom stereocenters. The van der Waals surface area contributed by atoms with E-state index in [1.807, 2.05) is 22.9 Å². The molecule has 27 heavy (non-hydrogen) atoms. The average molecular weight is 422 g/mol. The lowest BCUT2D eigenvalue weighted by molar-refractivity contribution is -0.115. The van der Waals surface area contributed by atoms with Crippen LogP contribution in [0.3, 0.4) is 0 Å². The number of benzene rings is 1. The van der Waals surface area contributed by atoms with Crippen molar-refractivity contribution >= 4 is 45.3 Å². The molecule has 1 aromatic carbocycles. The van der Waals surface area contributed by atoms with Gasteiger partial charge in [0.1, 0.15) is 17.4 Å². The summed E-state index contributed by atoms with van der Waals surface area (Å²) >= 11 is 8.76. The van der Waals surface area contributed by atoms with Gasteiger partial charge in [0.25, 0.3) is 0 Å². The first kappa shape index (κ1) is 19.8. The van der Waals surface area contributed by atoms with Crippen molar-refractivity contribution in [2.75, 3.05) is 5.32 Å². The largest absolute Gasteiger partial charge is 0.486 e. The van der Waals surface area contributed by atoms with Gasteiger partial charge in [-0.15, -0.1) is 22.7 Å². The Kier molecular flexibility index (Phi) is 6.14. The number of amides is 1. The molecule has 0 spiro atoms. The van der Waals surface area contributed by atoms with E-state index in [0.29, 0.717) is 16.8 Å². The molecule has 0 aliphatic heterocycles. The number of ether oxygens (including phenoxy) is 1. The monoisotopic (exact) mass is 421 g/mol. The Hall–Kier alpha value is -1.96. The first-order chi connectivity index (χ1) is 12.8. The van der Waals surface area contributed by atoms with Crippen LogP contribution in [0.5, 0.6) is 5.75 Å². The van der Waals surface area contributed by atoms with E-state index in [1.165, 1.54) is 22.7 Å². The number of anilines is 1. The number of thiazole rings is 2. The van der Waals surface area contributed by atoms with Crippen LogP contribution in [-0.2, 0) is 23.2 Å². The molecule has 3 aromatic rings. The molecule has 0 saturated heterocycles. The first-order valence-corrected chi connectivity index (χ1v) is 10.5. The summed E-state index contributed by atoms with van der Waals surface area (Å²) < 4.78 is 5.68. The highest BCUT2D eigenvalue weighted by Gasteiger charge is 2.18. The molecule has 2 heterocycles. The summed E-state index contributed by atoms with van der Waals surface area (Å²) in [5.74, 6) is 0.604. The lowest BCUT2D eigenvalue weighted by Crippen LogP contribution is -2.16. The van der Waals surface area contributed by atoms with Gasteiger partial charge in [0.2, 0.25) is 5.91 Å². The van der Waals surface area contributed by atoms with Gasteiger partial charge in [0.15, 0.2) is 5.13 Å². The molecule has 0 saturated carbocycles. The molecule has 0 fully saturated rings. The third-order valence-corrected chi connectivity index (χ3v) is 5.52. The molecule has 0 aliphatic carbocycles.